The van der Waals surface area contributed by atoms with Crippen LogP contribution >= 0.6 is 11.6 Å². The molecular formula is C18H28ClO2. The number of alkyl halides is 1. The lowest BCUT2D eigenvalue weighted by Crippen LogP contribution is -2.38. The number of rotatable bonds is 6. The Kier molecular flexibility index (Phi) is 6.12. The summed E-state index contributed by atoms with van der Waals surface area (Å²) >= 11 is 6.01. The molecule has 0 saturated heterocycles. The summed E-state index contributed by atoms with van der Waals surface area (Å²) < 4.78 is 11.7. The molecule has 119 valence electrons. The van der Waals surface area contributed by atoms with Crippen LogP contribution in [0.15, 0.2) is 24.3 Å². The Balaban J connectivity index is 2.52. The van der Waals surface area contributed by atoms with E-state index >= 15 is 0 Å². The van der Waals surface area contributed by atoms with Crippen molar-refractivity contribution in [2.75, 3.05) is 6.61 Å². The predicted octanol–water partition coefficient (Wildman–Crippen LogP) is 4.99. The van der Waals surface area contributed by atoms with Crippen LogP contribution in [-0.4, -0.2) is 23.7 Å². The quantitative estimate of drug-likeness (QED) is 0.689. The third kappa shape index (κ3) is 5.88. The summed E-state index contributed by atoms with van der Waals surface area (Å²) in [6, 6.07) is 8.22. The van der Waals surface area contributed by atoms with Crippen LogP contribution in [0.5, 0.6) is 5.75 Å². The zero-order valence-electron chi connectivity index (χ0n) is 14.1. The minimum atomic E-state index is -0.472. The molecule has 21 heavy (non-hydrogen) atoms. The topological polar surface area (TPSA) is 18.5 Å². The van der Waals surface area contributed by atoms with E-state index in [1.807, 2.05) is 32.9 Å². The molecular weight excluding hydrogens is 284 g/mol. The lowest BCUT2D eigenvalue weighted by molar-refractivity contribution is -0.0743. The third-order valence-electron chi connectivity index (χ3n) is 3.46. The fraction of sp³-hybridized carbons (Fsp3) is 0.611. The Bertz CT molecular complexity index is 430. The lowest BCUT2D eigenvalue weighted by Gasteiger charge is -2.31. The molecule has 0 saturated carbocycles. The molecule has 1 rings (SSSR count). The Morgan fingerprint density at radius 2 is 1.62 bits per heavy atom. The monoisotopic (exact) mass is 311 g/mol. The van der Waals surface area contributed by atoms with Crippen molar-refractivity contribution in [3.63, 3.8) is 0 Å². The van der Waals surface area contributed by atoms with E-state index in [9.17, 15) is 0 Å². The number of halogens is 1. The highest BCUT2D eigenvalue weighted by Crippen LogP contribution is 2.25. The maximum atomic E-state index is 6.01. The number of benzene rings is 1. The summed E-state index contributed by atoms with van der Waals surface area (Å²) in [6.07, 6.45) is -0.0507. The van der Waals surface area contributed by atoms with Crippen LogP contribution in [0.25, 0.3) is 0 Å². The molecule has 2 atom stereocenters. The highest BCUT2D eigenvalue weighted by molar-refractivity contribution is 6.21. The van der Waals surface area contributed by atoms with Gasteiger partial charge in [0.25, 0.3) is 0 Å². The second-order valence-electron chi connectivity index (χ2n) is 7.08. The lowest BCUT2D eigenvalue weighted by atomic mass is 9.87. The summed E-state index contributed by atoms with van der Waals surface area (Å²) in [5.74, 6) is 0.855. The summed E-state index contributed by atoms with van der Waals surface area (Å²) in [4.78, 5) is 0. The van der Waals surface area contributed by atoms with E-state index < -0.39 is 5.60 Å². The van der Waals surface area contributed by atoms with Crippen LogP contribution in [0.4, 0.5) is 0 Å². The number of hydrogen-bond donors (Lipinski definition) is 0. The molecule has 0 aliphatic rings. The Morgan fingerprint density at radius 1 is 1.10 bits per heavy atom. The van der Waals surface area contributed by atoms with Gasteiger partial charge in [-0.3, -0.25) is 0 Å². The van der Waals surface area contributed by atoms with Crippen LogP contribution in [0.1, 0.15) is 47.1 Å². The van der Waals surface area contributed by atoms with E-state index in [1.165, 1.54) is 5.56 Å². The van der Waals surface area contributed by atoms with Gasteiger partial charge in [0.2, 0.25) is 0 Å². The van der Waals surface area contributed by atoms with Crippen molar-refractivity contribution in [2.24, 2.45) is 0 Å². The molecule has 0 fully saturated rings. The second-order valence-corrected chi connectivity index (χ2v) is 7.61. The van der Waals surface area contributed by atoms with Gasteiger partial charge in [-0.15, -0.1) is 11.6 Å². The minimum Gasteiger partial charge on any atom is -0.491 e. The van der Waals surface area contributed by atoms with Gasteiger partial charge < -0.3 is 9.47 Å². The van der Waals surface area contributed by atoms with Gasteiger partial charge in [0.1, 0.15) is 12.4 Å². The highest BCUT2D eigenvalue weighted by Gasteiger charge is 2.27. The van der Waals surface area contributed by atoms with E-state index in [1.54, 1.807) is 0 Å². The van der Waals surface area contributed by atoms with E-state index in [0.717, 1.165) is 5.75 Å². The predicted molar refractivity (Wildman–Crippen MR) is 90.3 cm³/mol. The van der Waals surface area contributed by atoms with E-state index in [4.69, 9.17) is 21.1 Å². The minimum absolute atomic E-state index is 0.0507. The zero-order chi connectivity index (χ0) is 16.3. The Hall–Kier alpha value is -0.730. The Morgan fingerprint density at radius 3 is 2.05 bits per heavy atom. The molecule has 2 unspecified atom stereocenters. The first kappa shape index (κ1) is 18.3. The first-order chi connectivity index (χ1) is 9.52. The van der Waals surface area contributed by atoms with E-state index in [-0.39, 0.29) is 16.9 Å². The molecule has 1 radical (unpaired) electrons. The summed E-state index contributed by atoms with van der Waals surface area (Å²) in [5, 5.41) is -0.300. The van der Waals surface area contributed by atoms with Crippen molar-refractivity contribution in [1.82, 2.24) is 0 Å². The molecule has 0 bridgehead atoms. The van der Waals surface area contributed by atoms with Crippen LogP contribution in [0, 0.1) is 6.92 Å². The van der Waals surface area contributed by atoms with Gasteiger partial charge in [0.05, 0.1) is 17.1 Å². The SMILES string of the molecule is [CH2]C(Cl)C(C)(C)OC(C)COc1ccc(C(C)(C)C)cc1. The summed E-state index contributed by atoms with van der Waals surface area (Å²) in [5.41, 5.74) is 0.977. The summed E-state index contributed by atoms with van der Waals surface area (Å²) in [6.45, 7) is 16.7. The fourth-order valence-electron chi connectivity index (χ4n) is 1.89. The second kappa shape index (κ2) is 7.02. The van der Waals surface area contributed by atoms with Crippen LogP contribution in [0.3, 0.4) is 0 Å². The third-order valence-corrected chi connectivity index (χ3v) is 3.99. The molecule has 0 aliphatic heterocycles. The van der Waals surface area contributed by atoms with E-state index in [0.29, 0.717) is 6.61 Å². The smallest absolute Gasteiger partial charge is 0.119 e. The molecule has 3 heteroatoms. The standard InChI is InChI=1S/C18H28ClO2/c1-13(21-18(6,7)14(2)19)12-20-16-10-8-15(9-11-16)17(3,4)5/h8-11,13-14H,2,12H2,1,3-7H3. The van der Waals surface area contributed by atoms with Gasteiger partial charge in [-0.1, -0.05) is 32.9 Å². The van der Waals surface area contributed by atoms with Crippen LogP contribution in [0.2, 0.25) is 0 Å². The molecule has 0 aliphatic carbocycles. The van der Waals surface area contributed by atoms with Gasteiger partial charge in [0.15, 0.2) is 0 Å². The molecule has 1 aromatic rings. The zero-order valence-corrected chi connectivity index (χ0v) is 14.8. The van der Waals surface area contributed by atoms with Crippen molar-refractivity contribution in [3.8, 4) is 5.75 Å². The van der Waals surface area contributed by atoms with Crippen molar-refractivity contribution >= 4 is 11.6 Å². The Labute approximate surface area is 134 Å². The molecule has 0 spiro atoms. The van der Waals surface area contributed by atoms with Crippen LogP contribution < -0.4 is 4.74 Å². The van der Waals surface area contributed by atoms with Gasteiger partial charge in [-0.2, -0.15) is 0 Å². The first-order valence-corrected chi connectivity index (χ1v) is 7.84. The fourth-order valence-corrected chi connectivity index (χ4v) is 1.94. The van der Waals surface area contributed by atoms with Crippen molar-refractivity contribution in [3.05, 3.63) is 36.8 Å². The molecule has 0 heterocycles. The van der Waals surface area contributed by atoms with Gasteiger partial charge in [-0.05, 0) is 50.8 Å². The van der Waals surface area contributed by atoms with Crippen molar-refractivity contribution < 1.29 is 9.47 Å². The van der Waals surface area contributed by atoms with Gasteiger partial charge in [0, 0.05) is 0 Å². The average molecular weight is 312 g/mol. The maximum Gasteiger partial charge on any atom is 0.119 e. The van der Waals surface area contributed by atoms with Gasteiger partial charge in [-0.25, -0.2) is 0 Å². The summed E-state index contributed by atoms with van der Waals surface area (Å²) in [7, 11) is 0. The van der Waals surface area contributed by atoms with E-state index in [2.05, 4.69) is 39.8 Å². The first-order valence-electron chi connectivity index (χ1n) is 7.40. The molecule has 0 aromatic heterocycles. The van der Waals surface area contributed by atoms with Crippen molar-refractivity contribution in [2.45, 2.75) is 64.0 Å². The average Bonchev–Trinajstić information content (AvgIpc) is 2.35. The molecule has 1 aromatic carbocycles. The number of ether oxygens (including phenoxy) is 2. The van der Waals surface area contributed by atoms with Gasteiger partial charge >= 0.3 is 0 Å². The molecule has 0 N–H and O–H groups in total. The van der Waals surface area contributed by atoms with Crippen molar-refractivity contribution in [1.29, 1.82) is 0 Å². The largest absolute Gasteiger partial charge is 0.491 e. The van der Waals surface area contributed by atoms with Crippen LogP contribution in [-0.2, 0) is 10.2 Å². The molecule has 2 nitrogen and oxygen atoms in total. The highest BCUT2D eigenvalue weighted by atomic mass is 35.5. The normalized spacial score (nSPS) is 15.6. The maximum absolute atomic E-state index is 6.01. The molecule has 0 amide bonds. The number of hydrogen-bond acceptors (Lipinski definition) is 2.